The number of aliphatic hydroxyl groups is 2. The van der Waals surface area contributed by atoms with Gasteiger partial charge in [-0.25, -0.2) is 9.97 Å². The second-order valence-corrected chi connectivity index (χ2v) is 12.6. The number of ether oxygens (including phenoxy) is 2. The fourth-order valence-electron chi connectivity index (χ4n) is 5.60. The summed E-state index contributed by atoms with van der Waals surface area (Å²) in [5.74, 6) is -1.26. The summed E-state index contributed by atoms with van der Waals surface area (Å²) >= 11 is 14.1. The standard InChI is InChI=1S/C37H37Cl2N5O8/c1-51-33(49)15-25(46)20-41-17-23-18-42-31-13-21(11-12-44(31)37(23)50)26-5-3-6-27(34(26)38)28-7-4-8-29(35(28)39)30-10-9-22(36(43-30)52-2)16-40-19-24(45)14-32(47)48/h3-13,18,24-25,40-41,45-46H,14-17,19-20H2,1-2H3,(H,47,48)/t24-,25-/m0/s1. The van der Waals surface area contributed by atoms with Crippen LogP contribution in [0.4, 0.5) is 0 Å². The molecule has 0 spiro atoms. The van der Waals surface area contributed by atoms with Gasteiger partial charge in [-0.2, -0.15) is 0 Å². The Balaban J connectivity index is 1.36. The summed E-state index contributed by atoms with van der Waals surface area (Å²) in [5.41, 5.74) is 5.22. The minimum absolute atomic E-state index is 0.0894. The number of carboxylic acid groups (broad SMARTS) is 1. The Hall–Kier alpha value is -4.89. The van der Waals surface area contributed by atoms with Crippen LogP contribution in [0.25, 0.3) is 39.2 Å². The van der Waals surface area contributed by atoms with Gasteiger partial charge in [0.05, 0.1) is 55.0 Å². The minimum Gasteiger partial charge on any atom is -0.481 e. The van der Waals surface area contributed by atoms with Gasteiger partial charge in [0.25, 0.3) is 5.56 Å². The van der Waals surface area contributed by atoms with Crippen molar-refractivity contribution in [2.24, 2.45) is 0 Å². The first-order valence-electron chi connectivity index (χ1n) is 16.2. The van der Waals surface area contributed by atoms with Crippen LogP contribution in [-0.4, -0.2) is 81.1 Å². The van der Waals surface area contributed by atoms with E-state index in [0.29, 0.717) is 67.2 Å². The predicted molar refractivity (Wildman–Crippen MR) is 196 cm³/mol. The van der Waals surface area contributed by atoms with Gasteiger partial charge in [0.15, 0.2) is 0 Å². The van der Waals surface area contributed by atoms with E-state index < -0.39 is 24.1 Å². The van der Waals surface area contributed by atoms with Crippen molar-refractivity contribution in [3.8, 4) is 39.4 Å². The van der Waals surface area contributed by atoms with Crippen molar-refractivity contribution in [3.05, 3.63) is 105 Å². The molecule has 5 aromatic rings. The van der Waals surface area contributed by atoms with Gasteiger partial charge in [-0.15, -0.1) is 0 Å². The van der Waals surface area contributed by atoms with Crippen LogP contribution < -0.4 is 20.9 Å². The summed E-state index contributed by atoms with van der Waals surface area (Å²) in [6.07, 6.45) is 0.605. The number of carbonyl (C=O) groups is 2. The van der Waals surface area contributed by atoms with Gasteiger partial charge < -0.3 is 35.4 Å². The maximum atomic E-state index is 13.2. The number of aromatic nitrogens is 3. The van der Waals surface area contributed by atoms with Gasteiger partial charge in [0.2, 0.25) is 5.88 Å². The lowest BCUT2D eigenvalue weighted by atomic mass is 9.97. The Morgan fingerprint density at radius 3 is 2.12 bits per heavy atom. The molecule has 0 amide bonds. The van der Waals surface area contributed by atoms with Crippen LogP contribution >= 0.6 is 23.2 Å². The van der Waals surface area contributed by atoms with Crippen molar-refractivity contribution in [1.82, 2.24) is 25.0 Å². The van der Waals surface area contributed by atoms with Gasteiger partial charge >= 0.3 is 11.9 Å². The van der Waals surface area contributed by atoms with Gasteiger partial charge in [0.1, 0.15) is 5.65 Å². The minimum atomic E-state index is -1.08. The van der Waals surface area contributed by atoms with E-state index in [1.807, 2.05) is 42.5 Å². The van der Waals surface area contributed by atoms with Gasteiger partial charge in [-0.1, -0.05) is 65.7 Å². The van der Waals surface area contributed by atoms with Crippen LogP contribution in [0.3, 0.4) is 0 Å². The van der Waals surface area contributed by atoms with Gasteiger partial charge in [-0.3, -0.25) is 18.8 Å². The smallest absolute Gasteiger partial charge is 0.308 e. The Kier molecular flexibility index (Phi) is 12.9. The molecule has 3 heterocycles. The van der Waals surface area contributed by atoms with E-state index in [2.05, 4.69) is 25.3 Å². The highest BCUT2D eigenvalue weighted by Gasteiger charge is 2.18. The van der Waals surface area contributed by atoms with E-state index in [0.717, 1.165) is 5.56 Å². The first-order chi connectivity index (χ1) is 25.0. The molecule has 0 aliphatic rings. The van der Waals surface area contributed by atoms with E-state index >= 15 is 0 Å². The number of methoxy groups -OCH3 is 2. The number of carbonyl (C=O) groups excluding carboxylic acids is 1. The normalized spacial score (nSPS) is 12.4. The zero-order valence-corrected chi connectivity index (χ0v) is 29.8. The Bertz CT molecular complexity index is 2140. The summed E-state index contributed by atoms with van der Waals surface area (Å²) in [5, 5.41) is 35.5. The fourth-order valence-corrected chi connectivity index (χ4v) is 6.26. The van der Waals surface area contributed by atoms with E-state index in [1.54, 1.807) is 24.4 Å². The zero-order valence-electron chi connectivity index (χ0n) is 28.3. The molecule has 5 rings (SSSR count). The molecule has 2 atom stereocenters. The summed E-state index contributed by atoms with van der Waals surface area (Å²) in [6, 6.07) is 18.3. The summed E-state index contributed by atoms with van der Waals surface area (Å²) in [4.78, 5) is 44.5. The topological polar surface area (TPSA) is 185 Å². The molecule has 272 valence electrons. The molecule has 3 aromatic heterocycles. The quantitative estimate of drug-likeness (QED) is 0.0901. The third-order valence-electron chi connectivity index (χ3n) is 8.22. The molecule has 0 radical (unpaired) electrons. The number of fused-ring (bicyclic) bond motifs is 1. The number of aliphatic hydroxyl groups excluding tert-OH is 2. The first-order valence-corrected chi connectivity index (χ1v) is 16.9. The van der Waals surface area contributed by atoms with Crippen molar-refractivity contribution < 1.29 is 34.4 Å². The number of pyridine rings is 2. The Labute approximate surface area is 308 Å². The number of carboxylic acids is 1. The molecule has 52 heavy (non-hydrogen) atoms. The predicted octanol–water partition coefficient (Wildman–Crippen LogP) is 4.34. The third-order valence-corrected chi connectivity index (χ3v) is 9.03. The Morgan fingerprint density at radius 2 is 1.46 bits per heavy atom. The van der Waals surface area contributed by atoms with Gasteiger partial charge in [0, 0.05) is 72.0 Å². The van der Waals surface area contributed by atoms with Crippen molar-refractivity contribution in [2.75, 3.05) is 27.3 Å². The molecule has 13 nitrogen and oxygen atoms in total. The maximum Gasteiger partial charge on any atom is 0.308 e. The van der Waals surface area contributed by atoms with Crippen LogP contribution in [-0.2, 0) is 27.4 Å². The van der Waals surface area contributed by atoms with Crippen LogP contribution in [0.2, 0.25) is 10.0 Å². The monoisotopic (exact) mass is 749 g/mol. The van der Waals surface area contributed by atoms with Crippen molar-refractivity contribution in [3.63, 3.8) is 0 Å². The average Bonchev–Trinajstić information content (AvgIpc) is 3.12. The largest absolute Gasteiger partial charge is 0.481 e. The molecule has 0 saturated heterocycles. The zero-order chi connectivity index (χ0) is 37.4. The lowest BCUT2D eigenvalue weighted by Crippen LogP contribution is -2.31. The average molecular weight is 751 g/mol. The molecular weight excluding hydrogens is 713 g/mol. The van der Waals surface area contributed by atoms with E-state index in [9.17, 15) is 24.6 Å². The number of nitrogens with zero attached hydrogens (tertiary/aromatic N) is 3. The van der Waals surface area contributed by atoms with Crippen molar-refractivity contribution in [1.29, 1.82) is 0 Å². The number of aliphatic carboxylic acids is 1. The molecule has 0 bridgehead atoms. The second kappa shape index (κ2) is 17.6. The van der Waals surface area contributed by atoms with E-state index in [1.165, 1.54) is 24.8 Å². The maximum absolute atomic E-state index is 13.2. The lowest BCUT2D eigenvalue weighted by Gasteiger charge is -2.15. The van der Waals surface area contributed by atoms with Crippen LogP contribution in [0.1, 0.15) is 24.0 Å². The number of rotatable bonds is 16. The third kappa shape index (κ3) is 9.12. The highest BCUT2D eigenvalue weighted by Crippen LogP contribution is 2.42. The Morgan fingerprint density at radius 1 is 0.846 bits per heavy atom. The molecule has 15 heteroatoms. The molecule has 0 aliphatic heterocycles. The SMILES string of the molecule is COC(=O)C[C@H](O)CNCc1cnc2cc(-c3cccc(-c4cccc(-c5ccc(CNC[C@@H](O)CC(=O)O)c(OC)n5)c4Cl)c3Cl)ccn2c1=O. The number of hydrogen-bond donors (Lipinski definition) is 5. The molecule has 0 saturated carbocycles. The first kappa shape index (κ1) is 38.3. The van der Waals surface area contributed by atoms with Crippen LogP contribution in [0, 0.1) is 0 Å². The number of benzene rings is 2. The molecule has 0 unspecified atom stereocenters. The highest BCUT2D eigenvalue weighted by molar-refractivity contribution is 6.39. The number of nitrogens with one attached hydrogen (secondary N) is 2. The molecular formula is C37H37Cl2N5O8. The second-order valence-electron chi connectivity index (χ2n) is 11.9. The summed E-state index contributed by atoms with van der Waals surface area (Å²) in [6.45, 7) is 0.628. The van der Waals surface area contributed by atoms with E-state index in [4.69, 9.17) is 33.0 Å². The van der Waals surface area contributed by atoms with Crippen LogP contribution in [0.15, 0.2) is 77.9 Å². The number of esters is 1. The highest BCUT2D eigenvalue weighted by atomic mass is 35.5. The van der Waals surface area contributed by atoms with Crippen molar-refractivity contribution >= 4 is 40.8 Å². The molecule has 5 N–H and O–H groups in total. The summed E-state index contributed by atoms with van der Waals surface area (Å²) < 4.78 is 11.5. The molecule has 0 aliphatic carbocycles. The molecule has 0 fully saturated rings. The van der Waals surface area contributed by atoms with Crippen LogP contribution in [0.5, 0.6) is 5.88 Å². The number of hydrogen-bond acceptors (Lipinski definition) is 11. The number of halogens is 2. The van der Waals surface area contributed by atoms with E-state index in [-0.39, 0.29) is 38.0 Å². The summed E-state index contributed by atoms with van der Waals surface area (Å²) in [7, 11) is 2.75. The fraction of sp³-hybridized carbons (Fsp3) is 0.270. The van der Waals surface area contributed by atoms with Gasteiger partial charge in [-0.05, 0) is 23.8 Å². The lowest BCUT2D eigenvalue weighted by molar-refractivity contribution is -0.143. The molecule has 2 aromatic carbocycles. The van der Waals surface area contributed by atoms with Crippen molar-refractivity contribution in [2.45, 2.75) is 38.1 Å².